The Morgan fingerprint density at radius 3 is 2.61 bits per heavy atom. The Balaban J connectivity index is 1.94. The van der Waals surface area contributed by atoms with Gasteiger partial charge in [0.1, 0.15) is 0 Å². The third-order valence-electron chi connectivity index (χ3n) is 7.92. The van der Waals surface area contributed by atoms with Crippen LogP contribution >= 0.6 is 0 Å². The molecule has 0 aromatic heterocycles. The topological polar surface area (TPSA) is 17.1 Å². The Labute approximate surface area is 232 Å². The van der Waals surface area contributed by atoms with E-state index in [-0.39, 0.29) is 5.78 Å². The summed E-state index contributed by atoms with van der Waals surface area (Å²) in [5.74, 6) is 0.891. The lowest BCUT2D eigenvalue weighted by Gasteiger charge is -2.18. The monoisotopic (exact) mass is 508 g/mol. The summed E-state index contributed by atoms with van der Waals surface area (Å²) in [7, 11) is 0. The zero-order valence-electron chi connectivity index (χ0n) is 24.3. The van der Waals surface area contributed by atoms with Crippen LogP contribution in [0.3, 0.4) is 0 Å². The smallest absolute Gasteiger partial charge is 0.189 e. The molecule has 0 amide bonds. The van der Waals surface area contributed by atoms with Gasteiger partial charge in [-0.15, -0.1) is 6.58 Å². The van der Waals surface area contributed by atoms with Gasteiger partial charge in [-0.25, -0.2) is 0 Å². The second-order valence-corrected chi connectivity index (χ2v) is 10.8. The fourth-order valence-electron chi connectivity index (χ4n) is 5.81. The molecular weight excluding hydrogens is 460 g/mol. The third-order valence-corrected chi connectivity index (χ3v) is 7.92. The Morgan fingerprint density at radius 1 is 1.05 bits per heavy atom. The zero-order valence-corrected chi connectivity index (χ0v) is 24.3. The van der Waals surface area contributed by atoms with E-state index in [0.29, 0.717) is 0 Å². The van der Waals surface area contributed by atoms with Crippen molar-refractivity contribution in [3.8, 4) is 0 Å². The standard InChI is InChI=1S/C37H48O/c1-6-10-17-29(16-8-3)18-14-24-35-31(19-11-7-2)25-26-36(33(35)9-4)37(38)28(5)27-32-22-15-21-30-20-12-13-23-34(30)32/h7,12-14,20,22-27,29H,2,6,8-11,15-19,21H2,1,3-5H3/b24-14+,28-27+. The molecule has 0 fully saturated rings. The highest BCUT2D eigenvalue weighted by molar-refractivity contribution is 6.11. The highest BCUT2D eigenvalue weighted by Gasteiger charge is 2.18. The van der Waals surface area contributed by atoms with Gasteiger partial charge in [0.15, 0.2) is 5.78 Å². The summed E-state index contributed by atoms with van der Waals surface area (Å²) in [5.41, 5.74) is 9.21. The van der Waals surface area contributed by atoms with Gasteiger partial charge >= 0.3 is 0 Å². The molecule has 1 unspecified atom stereocenters. The molecule has 0 heterocycles. The van der Waals surface area contributed by atoms with Crippen LogP contribution in [-0.4, -0.2) is 5.78 Å². The number of carbonyl (C=O) groups is 1. The SMILES string of the molecule is C=CCCc1ccc(C(=O)/C(C)=C/C2=CCCc3ccccc32)c(CC)c1/C=C/CC(CCC)CCCC. The average Bonchev–Trinajstić information content (AvgIpc) is 2.94. The molecule has 0 saturated carbocycles. The number of aryl methyl sites for hydroxylation is 2. The van der Waals surface area contributed by atoms with Crippen LogP contribution in [0.15, 0.2) is 72.9 Å². The average molecular weight is 509 g/mol. The number of unbranched alkanes of at least 4 members (excludes halogenated alkanes) is 1. The minimum absolute atomic E-state index is 0.141. The van der Waals surface area contributed by atoms with Crippen LogP contribution in [0, 0.1) is 5.92 Å². The first kappa shape index (κ1) is 29.6. The molecule has 1 nitrogen and oxygen atoms in total. The molecule has 0 spiro atoms. The van der Waals surface area contributed by atoms with Gasteiger partial charge < -0.3 is 0 Å². The fourth-order valence-corrected chi connectivity index (χ4v) is 5.81. The van der Waals surface area contributed by atoms with Gasteiger partial charge in [-0.2, -0.15) is 0 Å². The van der Waals surface area contributed by atoms with E-state index in [9.17, 15) is 4.79 Å². The molecule has 2 aromatic carbocycles. The van der Waals surface area contributed by atoms with Gasteiger partial charge in [0.2, 0.25) is 0 Å². The van der Waals surface area contributed by atoms with E-state index in [2.05, 4.69) is 88.1 Å². The Morgan fingerprint density at radius 2 is 1.87 bits per heavy atom. The largest absolute Gasteiger partial charge is 0.289 e. The van der Waals surface area contributed by atoms with E-state index in [0.717, 1.165) is 55.6 Å². The molecule has 1 atom stereocenters. The summed E-state index contributed by atoms with van der Waals surface area (Å²) in [6.45, 7) is 12.7. The lowest BCUT2D eigenvalue weighted by molar-refractivity contribution is 0.103. The van der Waals surface area contributed by atoms with Crippen molar-refractivity contribution in [1.29, 1.82) is 0 Å². The molecule has 1 heteroatoms. The molecule has 1 aliphatic carbocycles. The van der Waals surface area contributed by atoms with E-state index in [1.54, 1.807) is 0 Å². The minimum Gasteiger partial charge on any atom is -0.289 e. The van der Waals surface area contributed by atoms with Crippen molar-refractivity contribution >= 4 is 17.4 Å². The van der Waals surface area contributed by atoms with Gasteiger partial charge in [-0.1, -0.05) is 114 Å². The number of fused-ring (bicyclic) bond motifs is 1. The number of allylic oxidation sites excluding steroid dienone is 6. The zero-order chi connectivity index (χ0) is 27.3. The molecule has 202 valence electrons. The second kappa shape index (κ2) is 15.5. The van der Waals surface area contributed by atoms with E-state index < -0.39 is 0 Å². The van der Waals surface area contributed by atoms with Crippen LogP contribution in [0.5, 0.6) is 0 Å². The van der Waals surface area contributed by atoms with Crippen LogP contribution in [-0.2, 0) is 19.3 Å². The third kappa shape index (κ3) is 7.79. The molecule has 3 rings (SSSR count). The first-order chi connectivity index (χ1) is 18.5. The van der Waals surface area contributed by atoms with Crippen LogP contribution in [0.2, 0.25) is 0 Å². The van der Waals surface area contributed by atoms with Crippen molar-refractivity contribution < 1.29 is 4.79 Å². The normalized spacial score (nSPS) is 14.3. The van der Waals surface area contributed by atoms with E-state index in [1.165, 1.54) is 65.5 Å². The van der Waals surface area contributed by atoms with Crippen molar-refractivity contribution in [2.75, 3.05) is 0 Å². The van der Waals surface area contributed by atoms with Gasteiger partial charge in [-0.3, -0.25) is 4.79 Å². The maximum atomic E-state index is 13.8. The van der Waals surface area contributed by atoms with Crippen molar-refractivity contribution in [1.82, 2.24) is 0 Å². The number of benzene rings is 2. The minimum atomic E-state index is 0.141. The van der Waals surface area contributed by atoms with Crippen molar-refractivity contribution in [3.63, 3.8) is 0 Å². The molecule has 1 aliphatic rings. The van der Waals surface area contributed by atoms with Crippen LogP contribution in [0.4, 0.5) is 0 Å². The summed E-state index contributed by atoms with van der Waals surface area (Å²) < 4.78 is 0. The van der Waals surface area contributed by atoms with Gasteiger partial charge in [0.05, 0.1) is 0 Å². The Bertz CT molecular complexity index is 1170. The molecule has 0 aliphatic heterocycles. The summed E-state index contributed by atoms with van der Waals surface area (Å²) >= 11 is 0. The molecule has 0 N–H and O–H groups in total. The molecule has 0 radical (unpaired) electrons. The van der Waals surface area contributed by atoms with E-state index in [1.807, 2.05) is 13.0 Å². The maximum Gasteiger partial charge on any atom is 0.189 e. The number of rotatable bonds is 15. The summed E-state index contributed by atoms with van der Waals surface area (Å²) in [6, 6.07) is 12.8. The lowest BCUT2D eigenvalue weighted by Crippen LogP contribution is -2.09. The quantitative estimate of drug-likeness (QED) is 0.133. The highest BCUT2D eigenvalue weighted by Crippen LogP contribution is 2.30. The number of hydrogen-bond donors (Lipinski definition) is 0. The fraction of sp³-hybridized carbons (Fsp3) is 0.432. The predicted octanol–water partition coefficient (Wildman–Crippen LogP) is 10.5. The maximum absolute atomic E-state index is 13.8. The van der Waals surface area contributed by atoms with Crippen LogP contribution in [0.1, 0.15) is 117 Å². The van der Waals surface area contributed by atoms with Crippen molar-refractivity contribution in [3.05, 3.63) is 106 Å². The van der Waals surface area contributed by atoms with Crippen LogP contribution in [0.25, 0.3) is 11.6 Å². The summed E-state index contributed by atoms with van der Waals surface area (Å²) in [6.07, 6.45) is 23.4. The van der Waals surface area contributed by atoms with Gasteiger partial charge in [0.25, 0.3) is 0 Å². The molecule has 2 aromatic rings. The highest BCUT2D eigenvalue weighted by atomic mass is 16.1. The first-order valence-electron chi connectivity index (χ1n) is 15.0. The first-order valence-corrected chi connectivity index (χ1v) is 15.0. The number of ketones is 1. The van der Waals surface area contributed by atoms with E-state index >= 15 is 0 Å². The number of Topliss-reactive ketones (excluding diaryl/α,β-unsaturated/α-hetero) is 1. The van der Waals surface area contributed by atoms with Crippen molar-refractivity contribution in [2.24, 2.45) is 5.92 Å². The Hall–Kier alpha value is -2.93. The predicted molar refractivity (Wildman–Crippen MR) is 167 cm³/mol. The summed E-state index contributed by atoms with van der Waals surface area (Å²) in [5, 5.41) is 0. The van der Waals surface area contributed by atoms with Crippen molar-refractivity contribution in [2.45, 2.75) is 98.3 Å². The second-order valence-electron chi connectivity index (χ2n) is 10.8. The molecular formula is C37H48O. The van der Waals surface area contributed by atoms with E-state index in [4.69, 9.17) is 0 Å². The molecule has 38 heavy (non-hydrogen) atoms. The molecule has 0 bridgehead atoms. The van der Waals surface area contributed by atoms with Crippen LogP contribution < -0.4 is 0 Å². The number of carbonyl (C=O) groups excluding carboxylic acids is 1. The summed E-state index contributed by atoms with van der Waals surface area (Å²) in [4.78, 5) is 13.8. The Kier molecular flexibility index (Phi) is 12.1. The number of hydrogen-bond acceptors (Lipinski definition) is 1. The molecule has 0 saturated heterocycles. The van der Waals surface area contributed by atoms with Gasteiger partial charge in [-0.05, 0) is 96.4 Å². The lowest BCUT2D eigenvalue weighted by atomic mass is 9.86. The van der Waals surface area contributed by atoms with Gasteiger partial charge in [0, 0.05) is 5.56 Å².